The van der Waals surface area contributed by atoms with E-state index in [1.54, 1.807) is 7.11 Å². The Morgan fingerprint density at radius 3 is 2.54 bits per heavy atom. The first-order chi connectivity index (χ1) is 12.5. The van der Waals surface area contributed by atoms with E-state index in [0.717, 1.165) is 16.8 Å². The molecule has 4 rings (SSSR count). The molecule has 134 valence electrons. The van der Waals surface area contributed by atoms with Gasteiger partial charge in [-0.15, -0.1) is 0 Å². The van der Waals surface area contributed by atoms with E-state index in [1.807, 2.05) is 26.2 Å². The minimum atomic E-state index is 0.213. The van der Waals surface area contributed by atoms with E-state index in [-0.39, 0.29) is 6.79 Å². The molecule has 0 radical (unpaired) electrons. The van der Waals surface area contributed by atoms with Crippen molar-refractivity contribution in [1.29, 1.82) is 0 Å². The SMILES string of the molecule is COc1cc(-c2cc(C)c3cc(C)c(N(C)C)cc3n2)cc2c1OCO2. The van der Waals surface area contributed by atoms with Crippen molar-refractivity contribution in [3.8, 4) is 28.5 Å². The summed E-state index contributed by atoms with van der Waals surface area (Å²) in [5, 5.41) is 1.17. The summed E-state index contributed by atoms with van der Waals surface area (Å²) in [6.07, 6.45) is 0. The molecule has 0 aliphatic carbocycles. The summed E-state index contributed by atoms with van der Waals surface area (Å²) in [7, 11) is 5.73. The van der Waals surface area contributed by atoms with Crippen molar-refractivity contribution >= 4 is 16.6 Å². The van der Waals surface area contributed by atoms with Gasteiger partial charge in [-0.25, -0.2) is 4.98 Å². The van der Waals surface area contributed by atoms with Crippen LogP contribution >= 0.6 is 0 Å². The highest BCUT2D eigenvalue weighted by atomic mass is 16.7. The molecule has 0 fully saturated rings. The summed E-state index contributed by atoms with van der Waals surface area (Å²) in [4.78, 5) is 7.03. The lowest BCUT2D eigenvalue weighted by Crippen LogP contribution is -2.10. The highest BCUT2D eigenvalue weighted by Gasteiger charge is 2.21. The second-order valence-corrected chi connectivity index (χ2v) is 6.79. The summed E-state index contributed by atoms with van der Waals surface area (Å²) in [5.74, 6) is 2.00. The van der Waals surface area contributed by atoms with Crippen LogP contribution in [0.1, 0.15) is 11.1 Å². The number of aromatic nitrogens is 1. The molecule has 0 N–H and O–H groups in total. The predicted molar refractivity (Wildman–Crippen MR) is 104 cm³/mol. The van der Waals surface area contributed by atoms with Crippen LogP contribution in [0.4, 0.5) is 5.69 Å². The Hall–Kier alpha value is -2.95. The van der Waals surface area contributed by atoms with E-state index >= 15 is 0 Å². The molecule has 0 saturated carbocycles. The van der Waals surface area contributed by atoms with Gasteiger partial charge in [0.2, 0.25) is 12.5 Å². The lowest BCUT2D eigenvalue weighted by molar-refractivity contribution is 0.171. The third-order valence-electron chi connectivity index (χ3n) is 4.77. The monoisotopic (exact) mass is 350 g/mol. The standard InChI is InChI=1S/C21H22N2O3/c1-12-7-16(14-8-19(24-5)21-20(9-14)25-11-26-21)22-17-10-18(23(3)4)13(2)6-15(12)17/h6-10H,11H2,1-5H3. The Kier molecular flexibility index (Phi) is 3.87. The largest absolute Gasteiger partial charge is 0.493 e. The van der Waals surface area contributed by atoms with Gasteiger partial charge in [-0.1, -0.05) is 0 Å². The first kappa shape index (κ1) is 16.5. The minimum Gasteiger partial charge on any atom is -0.493 e. The third kappa shape index (κ3) is 2.60. The summed E-state index contributed by atoms with van der Waals surface area (Å²) in [6, 6.07) is 10.4. The zero-order valence-corrected chi connectivity index (χ0v) is 15.7. The van der Waals surface area contributed by atoms with Gasteiger partial charge in [0, 0.05) is 30.7 Å². The van der Waals surface area contributed by atoms with Crippen LogP contribution in [0.25, 0.3) is 22.2 Å². The smallest absolute Gasteiger partial charge is 0.231 e. The summed E-state index contributed by atoms with van der Waals surface area (Å²) < 4.78 is 16.5. The van der Waals surface area contributed by atoms with Crippen LogP contribution in [0.15, 0.2) is 30.3 Å². The van der Waals surface area contributed by atoms with Gasteiger partial charge in [0.1, 0.15) is 0 Å². The van der Waals surface area contributed by atoms with Crippen LogP contribution in [0.5, 0.6) is 17.2 Å². The van der Waals surface area contributed by atoms with E-state index in [0.29, 0.717) is 17.2 Å². The Morgan fingerprint density at radius 1 is 1.00 bits per heavy atom. The normalized spacial score (nSPS) is 12.5. The summed E-state index contributed by atoms with van der Waals surface area (Å²) in [6.45, 7) is 4.46. The number of methoxy groups -OCH3 is 1. The van der Waals surface area contributed by atoms with Crippen molar-refractivity contribution in [2.75, 3.05) is 32.9 Å². The Labute approximate surface area is 153 Å². The fourth-order valence-corrected chi connectivity index (χ4v) is 3.45. The maximum Gasteiger partial charge on any atom is 0.231 e. The van der Waals surface area contributed by atoms with Gasteiger partial charge in [-0.3, -0.25) is 0 Å². The topological polar surface area (TPSA) is 43.8 Å². The molecular weight excluding hydrogens is 328 g/mol. The van der Waals surface area contributed by atoms with Crippen molar-refractivity contribution < 1.29 is 14.2 Å². The van der Waals surface area contributed by atoms with Crippen molar-refractivity contribution in [3.63, 3.8) is 0 Å². The number of fused-ring (bicyclic) bond motifs is 2. The molecule has 5 nitrogen and oxygen atoms in total. The molecule has 1 aliphatic heterocycles. The number of pyridine rings is 1. The molecule has 3 aromatic rings. The van der Waals surface area contributed by atoms with E-state index in [4.69, 9.17) is 19.2 Å². The fraction of sp³-hybridized carbons (Fsp3) is 0.286. The molecular formula is C21H22N2O3. The minimum absolute atomic E-state index is 0.213. The third-order valence-corrected chi connectivity index (χ3v) is 4.77. The van der Waals surface area contributed by atoms with Gasteiger partial charge >= 0.3 is 0 Å². The molecule has 0 amide bonds. The van der Waals surface area contributed by atoms with Crippen LogP contribution in [-0.2, 0) is 0 Å². The number of rotatable bonds is 3. The van der Waals surface area contributed by atoms with Crippen LogP contribution < -0.4 is 19.1 Å². The summed E-state index contributed by atoms with van der Waals surface area (Å²) in [5.41, 5.74) is 6.42. The molecule has 0 saturated heterocycles. The van der Waals surface area contributed by atoms with E-state index in [2.05, 4.69) is 36.9 Å². The van der Waals surface area contributed by atoms with Crippen LogP contribution in [-0.4, -0.2) is 33.0 Å². The zero-order chi connectivity index (χ0) is 18.4. The van der Waals surface area contributed by atoms with E-state index in [1.165, 1.54) is 22.2 Å². The average Bonchev–Trinajstić information content (AvgIpc) is 3.09. The number of benzene rings is 2. The van der Waals surface area contributed by atoms with E-state index < -0.39 is 0 Å². The number of aryl methyl sites for hydroxylation is 2. The number of hydrogen-bond donors (Lipinski definition) is 0. The molecule has 0 spiro atoms. The van der Waals surface area contributed by atoms with Gasteiger partial charge in [-0.2, -0.15) is 0 Å². The second kappa shape index (κ2) is 6.09. The number of ether oxygens (including phenoxy) is 3. The lowest BCUT2D eigenvalue weighted by Gasteiger charge is -2.17. The molecule has 1 aliphatic rings. The van der Waals surface area contributed by atoms with E-state index in [9.17, 15) is 0 Å². The molecule has 0 unspecified atom stereocenters. The lowest BCUT2D eigenvalue weighted by atomic mass is 10.0. The predicted octanol–water partition coefficient (Wildman–Crippen LogP) is 4.32. The number of hydrogen-bond acceptors (Lipinski definition) is 5. The molecule has 0 bridgehead atoms. The summed E-state index contributed by atoms with van der Waals surface area (Å²) >= 11 is 0. The molecule has 5 heteroatoms. The first-order valence-electron chi connectivity index (χ1n) is 8.55. The molecule has 26 heavy (non-hydrogen) atoms. The maximum absolute atomic E-state index is 5.55. The Morgan fingerprint density at radius 2 is 1.81 bits per heavy atom. The molecule has 2 heterocycles. The average molecular weight is 350 g/mol. The van der Waals surface area contributed by atoms with Crippen LogP contribution in [0.3, 0.4) is 0 Å². The Balaban J connectivity index is 1.91. The Bertz CT molecular complexity index is 1010. The molecule has 1 aromatic heterocycles. The van der Waals surface area contributed by atoms with Gasteiger partial charge < -0.3 is 19.1 Å². The van der Waals surface area contributed by atoms with Gasteiger partial charge in [0.15, 0.2) is 11.5 Å². The maximum atomic E-state index is 5.55. The highest BCUT2D eigenvalue weighted by molar-refractivity contribution is 5.89. The van der Waals surface area contributed by atoms with Crippen LogP contribution in [0.2, 0.25) is 0 Å². The number of anilines is 1. The molecule has 2 aromatic carbocycles. The van der Waals surface area contributed by atoms with Gasteiger partial charge in [0.25, 0.3) is 0 Å². The highest BCUT2D eigenvalue weighted by Crippen LogP contribution is 2.44. The second-order valence-electron chi connectivity index (χ2n) is 6.79. The van der Waals surface area contributed by atoms with Crippen molar-refractivity contribution in [2.24, 2.45) is 0 Å². The zero-order valence-electron chi connectivity index (χ0n) is 15.7. The quantitative estimate of drug-likeness (QED) is 0.704. The van der Waals surface area contributed by atoms with Crippen molar-refractivity contribution in [3.05, 3.63) is 41.5 Å². The van der Waals surface area contributed by atoms with Crippen molar-refractivity contribution in [2.45, 2.75) is 13.8 Å². The first-order valence-corrected chi connectivity index (χ1v) is 8.55. The van der Waals surface area contributed by atoms with Gasteiger partial charge in [-0.05, 0) is 55.3 Å². The number of nitrogens with zero attached hydrogens (tertiary/aromatic N) is 2. The van der Waals surface area contributed by atoms with Crippen molar-refractivity contribution in [1.82, 2.24) is 4.98 Å². The molecule has 0 atom stereocenters. The fourth-order valence-electron chi connectivity index (χ4n) is 3.45. The van der Waals surface area contributed by atoms with Gasteiger partial charge in [0.05, 0.1) is 18.3 Å². The van der Waals surface area contributed by atoms with Crippen LogP contribution in [0, 0.1) is 13.8 Å².